The van der Waals surface area contributed by atoms with Gasteiger partial charge in [0.2, 0.25) is 0 Å². The first-order chi connectivity index (χ1) is 7.35. The normalized spacial score (nSPS) is 27.1. The summed E-state index contributed by atoms with van der Waals surface area (Å²) in [7, 11) is 1.98. The van der Waals surface area contributed by atoms with Gasteiger partial charge in [-0.1, -0.05) is 13.8 Å². The molecular weight excluding hydrogens is 202 g/mol. The van der Waals surface area contributed by atoms with Gasteiger partial charge in [-0.25, -0.2) is 0 Å². The van der Waals surface area contributed by atoms with Crippen LogP contribution in [-0.4, -0.2) is 42.0 Å². The number of hydrogen-bond acceptors (Lipinski definition) is 3. The van der Waals surface area contributed by atoms with E-state index in [1.54, 1.807) is 0 Å². The number of carbonyl (C=O) groups excluding carboxylic acids is 1. The molecule has 0 radical (unpaired) electrons. The number of hydrogen-bond donors (Lipinski definition) is 1. The summed E-state index contributed by atoms with van der Waals surface area (Å²) in [5.74, 6) is 0.555. The van der Waals surface area contributed by atoms with Crippen LogP contribution in [0.25, 0.3) is 0 Å². The zero-order valence-electron chi connectivity index (χ0n) is 11.0. The molecule has 1 aliphatic carbocycles. The van der Waals surface area contributed by atoms with Gasteiger partial charge in [0.05, 0.1) is 6.61 Å². The third-order valence-electron chi connectivity index (χ3n) is 3.83. The van der Waals surface area contributed by atoms with Crippen LogP contribution in [-0.2, 0) is 4.79 Å². The van der Waals surface area contributed by atoms with E-state index < -0.39 is 0 Å². The maximum absolute atomic E-state index is 11.8. The van der Waals surface area contributed by atoms with Crippen LogP contribution in [0.1, 0.15) is 40.0 Å². The Kier molecular flexibility index (Phi) is 4.51. The van der Waals surface area contributed by atoms with Crippen LogP contribution in [0.2, 0.25) is 0 Å². The molecule has 2 atom stereocenters. The van der Waals surface area contributed by atoms with Crippen molar-refractivity contribution in [2.24, 2.45) is 11.3 Å². The summed E-state index contributed by atoms with van der Waals surface area (Å²) in [4.78, 5) is 13.9. The van der Waals surface area contributed by atoms with E-state index in [-0.39, 0.29) is 18.6 Å². The Bertz CT molecular complexity index is 250. The minimum atomic E-state index is 0.137. The van der Waals surface area contributed by atoms with Crippen LogP contribution in [0, 0.1) is 11.3 Å². The Labute approximate surface area is 98.8 Å². The number of carbonyl (C=O) groups is 1. The molecular formula is C13H25NO2. The average Bonchev–Trinajstić information content (AvgIpc) is 2.22. The van der Waals surface area contributed by atoms with Crippen LogP contribution in [0.15, 0.2) is 0 Å². The van der Waals surface area contributed by atoms with Crippen molar-refractivity contribution in [2.45, 2.75) is 46.1 Å². The summed E-state index contributed by atoms with van der Waals surface area (Å²) < 4.78 is 0. The number of aliphatic hydroxyl groups excluding tert-OH is 1. The van der Waals surface area contributed by atoms with E-state index in [4.69, 9.17) is 5.11 Å². The van der Waals surface area contributed by atoms with Crippen LogP contribution in [0.5, 0.6) is 0 Å². The summed E-state index contributed by atoms with van der Waals surface area (Å²) >= 11 is 0. The molecule has 3 heteroatoms. The highest BCUT2D eigenvalue weighted by Crippen LogP contribution is 2.37. The van der Waals surface area contributed by atoms with Crippen molar-refractivity contribution in [2.75, 3.05) is 20.2 Å². The van der Waals surface area contributed by atoms with Gasteiger partial charge in [-0.05, 0) is 32.2 Å². The first kappa shape index (κ1) is 13.7. The van der Waals surface area contributed by atoms with Crippen LogP contribution in [0.3, 0.4) is 0 Å². The van der Waals surface area contributed by atoms with Crippen LogP contribution in [0.4, 0.5) is 0 Å². The zero-order valence-corrected chi connectivity index (χ0v) is 11.0. The molecule has 0 amide bonds. The fraction of sp³-hybridized carbons (Fsp3) is 0.923. The van der Waals surface area contributed by atoms with E-state index in [1.165, 1.54) is 0 Å². The fourth-order valence-corrected chi connectivity index (χ4v) is 2.38. The van der Waals surface area contributed by atoms with E-state index in [9.17, 15) is 4.79 Å². The van der Waals surface area contributed by atoms with Crippen molar-refractivity contribution in [1.29, 1.82) is 0 Å². The number of likely N-dealkylation sites (N-methyl/N-ethyl adjacent to an activating group) is 1. The third-order valence-corrected chi connectivity index (χ3v) is 3.83. The lowest BCUT2D eigenvalue weighted by molar-refractivity contribution is -0.127. The SMILES string of the molecule is CC(CO)N(C)CC1CC(C)(C)CCC1=O. The van der Waals surface area contributed by atoms with Gasteiger partial charge in [0.15, 0.2) is 0 Å². The molecule has 0 aromatic carbocycles. The number of Topliss-reactive ketones (excluding diaryl/α,β-unsaturated/α-hetero) is 1. The van der Waals surface area contributed by atoms with Gasteiger partial charge in [-0.3, -0.25) is 4.79 Å². The first-order valence-corrected chi connectivity index (χ1v) is 6.19. The molecule has 1 aliphatic rings. The lowest BCUT2D eigenvalue weighted by atomic mass is 9.71. The van der Waals surface area contributed by atoms with Crippen molar-refractivity contribution in [3.05, 3.63) is 0 Å². The summed E-state index contributed by atoms with van der Waals surface area (Å²) in [6, 6.07) is 0.137. The van der Waals surface area contributed by atoms with E-state index in [0.29, 0.717) is 11.2 Å². The Hall–Kier alpha value is -0.410. The van der Waals surface area contributed by atoms with E-state index in [2.05, 4.69) is 18.7 Å². The molecule has 94 valence electrons. The molecule has 0 aromatic heterocycles. The number of rotatable bonds is 4. The van der Waals surface area contributed by atoms with Crippen LogP contribution < -0.4 is 0 Å². The van der Waals surface area contributed by atoms with Gasteiger partial charge in [0.1, 0.15) is 5.78 Å². The van der Waals surface area contributed by atoms with E-state index in [0.717, 1.165) is 25.8 Å². The highest BCUT2D eigenvalue weighted by Gasteiger charge is 2.34. The lowest BCUT2D eigenvalue weighted by Gasteiger charge is -2.37. The van der Waals surface area contributed by atoms with Gasteiger partial charge < -0.3 is 10.0 Å². The highest BCUT2D eigenvalue weighted by atomic mass is 16.3. The maximum Gasteiger partial charge on any atom is 0.137 e. The number of ketones is 1. The van der Waals surface area contributed by atoms with E-state index >= 15 is 0 Å². The third kappa shape index (κ3) is 3.56. The molecule has 0 aliphatic heterocycles. The van der Waals surface area contributed by atoms with Gasteiger partial charge in [0, 0.05) is 24.9 Å². The standard InChI is InChI=1S/C13H25NO2/c1-10(9-15)14(4)8-11-7-13(2,3)6-5-12(11)16/h10-11,15H,5-9H2,1-4H3. The minimum Gasteiger partial charge on any atom is -0.395 e. The van der Waals surface area contributed by atoms with Crippen molar-refractivity contribution in [1.82, 2.24) is 4.90 Å². The monoisotopic (exact) mass is 227 g/mol. The second kappa shape index (κ2) is 5.28. The molecule has 3 nitrogen and oxygen atoms in total. The fourth-order valence-electron chi connectivity index (χ4n) is 2.38. The van der Waals surface area contributed by atoms with Gasteiger partial charge in [-0.15, -0.1) is 0 Å². The van der Waals surface area contributed by atoms with Crippen molar-refractivity contribution >= 4 is 5.78 Å². The number of nitrogens with zero attached hydrogens (tertiary/aromatic N) is 1. The van der Waals surface area contributed by atoms with Crippen molar-refractivity contribution in [3.8, 4) is 0 Å². The van der Waals surface area contributed by atoms with Crippen LogP contribution >= 0.6 is 0 Å². The molecule has 0 bridgehead atoms. The second-order valence-corrected chi connectivity index (χ2v) is 6.00. The second-order valence-electron chi connectivity index (χ2n) is 6.00. The molecule has 16 heavy (non-hydrogen) atoms. The summed E-state index contributed by atoms with van der Waals surface area (Å²) in [6.07, 6.45) is 2.72. The summed E-state index contributed by atoms with van der Waals surface area (Å²) in [5, 5.41) is 9.08. The zero-order chi connectivity index (χ0) is 12.3. The Morgan fingerprint density at radius 3 is 2.75 bits per heavy atom. The molecule has 0 spiro atoms. The predicted molar refractivity (Wildman–Crippen MR) is 65.3 cm³/mol. The predicted octanol–water partition coefficient (Wildman–Crippen LogP) is 1.69. The van der Waals surface area contributed by atoms with Gasteiger partial charge in [-0.2, -0.15) is 0 Å². The smallest absolute Gasteiger partial charge is 0.137 e. The lowest BCUT2D eigenvalue weighted by Crippen LogP contribution is -2.41. The molecule has 1 rings (SSSR count). The quantitative estimate of drug-likeness (QED) is 0.794. The minimum absolute atomic E-state index is 0.137. The molecule has 0 aromatic rings. The van der Waals surface area contributed by atoms with Crippen molar-refractivity contribution < 1.29 is 9.90 Å². The summed E-state index contributed by atoms with van der Waals surface area (Å²) in [6.45, 7) is 7.40. The molecule has 0 saturated heterocycles. The largest absolute Gasteiger partial charge is 0.395 e. The van der Waals surface area contributed by atoms with Gasteiger partial charge in [0.25, 0.3) is 0 Å². The molecule has 1 saturated carbocycles. The molecule has 1 N–H and O–H groups in total. The number of aliphatic hydroxyl groups is 1. The topological polar surface area (TPSA) is 40.5 Å². The molecule has 1 fully saturated rings. The first-order valence-electron chi connectivity index (χ1n) is 6.19. The van der Waals surface area contributed by atoms with E-state index in [1.807, 2.05) is 14.0 Å². The average molecular weight is 227 g/mol. The van der Waals surface area contributed by atoms with Gasteiger partial charge >= 0.3 is 0 Å². The Balaban J connectivity index is 2.54. The van der Waals surface area contributed by atoms with Crippen molar-refractivity contribution in [3.63, 3.8) is 0 Å². The highest BCUT2D eigenvalue weighted by molar-refractivity contribution is 5.82. The Morgan fingerprint density at radius 2 is 2.19 bits per heavy atom. The summed E-state index contributed by atoms with van der Waals surface area (Å²) in [5.41, 5.74) is 0.294. The molecule has 2 unspecified atom stereocenters. The Morgan fingerprint density at radius 1 is 1.56 bits per heavy atom. The molecule has 0 heterocycles. The maximum atomic E-state index is 11.8.